The predicted octanol–water partition coefficient (Wildman–Crippen LogP) is -0.937. The van der Waals surface area contributed by atoms with Crippen molar-refractivity contribution in [2.75, 3.05) is 33.0 Å². The maximum atomic E-state index is 12.3. The van der Waals surface area contributed by atoms with E-state index in [0.29, 0.717) is 13.2 Å². The van der Waals surface area contributed by atoms with Gasteiger partial charge in [0.05, 0.1) is 29.3 Å². The Morgan fingerprint density at radius 3 is 2.52 bits per heavy atom. The van der Waals surface area contributed by atoms with Crippen molar-refractivity contribution in [1.29, 1.82) is 0 Å². The summed E-state index contributed by atoms with van der Waals surface area (Å²) < 4.78 is 5.24. The molecule has 8 heteroatoms. The summed E-state index contributed by atoms with van der Waals surface area (Å²) in [5, 5.41) is 10.8. The number of hydrogen-bond donors (Lipinski definition) is 1. The van der Waals surface area contributed by atoms with Crippen molar-refractivity contribution < 1.29 is 24.1 Å². The van der Waals surface area contributed by atoms with Gasteiger partial charge in [-0.3, -0.25) is 19.7 Å². The minimum atomic E-state index is -0.575. The lowest BCUT2D eigenvalue weighted by Gasteiger charge is -2.26. The second kappa shape index (κ2) is 5.23. The van der Waals surface area contributed by atoms with Crippen LogP contribution in [0.2, 0.25) is 0 Å². The highest BCUT2D eigenvalue weighted by molar-refractivity contribution is 6.21. The molecule has 1 aromatic carbocycles. The Labute approximate surface area is 120 Å². The number of imide groups is 1. The number of benzene rings is 1. The van der Waals surface area contributed by atoms with Gasteiger partial charge in [0.1, 0.15) is 13.1 Å². The normalized spacial score (nSPS) is 19.0. The van der Waals surface area contributed by atoms with Crippen molar-refractivity contribution in [2.45, 2.75) is 0 Å². The molecule has 0 unspecified atom stereocenters. The minimum Gasteiger partial charge on any atom is -0.370 e. The highest BCUT2D eigenvalue weighted by atomic mass is 16.6. The molecule has 2 amide bonds. The maximum Gasteiger partial charge on any atom is 0.270 e. The molecule has 110 valence electrons. The van der Waals surface area contributed by atoms with Crippen LogP contribution in [0.5, 0.6) is 0 Å². The summed E-state index contributed by atoms with van der Waals surface area (Å²) in [5.41, 5.74) is 0.163. The third kappa shape index (κ3) is 2.39. The van der Waals surface area contributed by atoms with Crippen molar-refractivity contribution >= 4 is 17.5 Å². The van der Waals surface area contributed by atoms with Crippen LogP contribution in [0.3, 0.4) is 0 Å². The summed E-state index contributed by atoms with van der Waals surface area (Å²) in [5.74, 6) is -0.846. The van der Waals surface area contributed by atoms with Gasteiger partial charge < -0.3 is 9.64 Å². The molecule has 0 spiro atoms. The number of nitro groups is 1. The van der Waals surface area contributed by atoms with Crippen LogP contribution in [0.25, 0.3) is 0 Å². The molecule has 2 heterocycles. The van der Waals surface area contributed by atoms with Gasteiger partial charge in [0.25, 0.3) is 17.5 Å². The molecule has 8 nitrogen and oxygen atoms in total. The van der Waals surface area contributed by atoms with Crippen molar-refractivity contribution in [3.63, 3.8) is 0 Å². The third-order valence-electron chi connectivity index (χ3n) is 3.75. The van der Waals surface area contributed by atoms with E-state index in [4.69, 9.17) is 4.74 Å². The Balaban J connectivity index is 1.84. The van der Waals surface area contributed by atoms with E-state index in [1.54, 1.807) is 0 Å². The SMILES string of the molecule is O=C1c2ccc([N+](=O)[O-])cc2C(=O)N1C[NH+]1CCOCC1. The Kier molecular flexibility index (Phi) is 3.40. The number of carbonyl (C=O) groups is 2. The molecule has 1 fully saturated rings. The minimum absolute atomic E-state index is 0.113. The number of nitrogens with zero attached hydrogens (tertiary/aromatic N) is 2. The highest BCUT2D eigenvalue weighted by Gasteiger charge is 2.39. The quantitative estimate of drug-likeness (QED) is 0.441. The van der Waals surface area contributed by atoms with E-state index in [0.717, 1.165) is 22.9 Å². The number of quaternary nitrogens is 1. The monoisotopic (exact) mass is 292 g/mol. The summed E-state index contributed by atoms with van der Waals surface area (Å²) in [6.07, 6.45) is 0. The van der Waals surface area contributed by atoms with Gasteiger partial charge in [0, 0.05) is 12.1 Å². The first-order valence-electron chi connectivity index (χ1n) is 6.64. The van der Waals surface area contributed by atoms with Gasteiger partial charge in [-0.1, -0.05) is 0 Å². The van der Waals surface area contributed by atoms with Gasteiger partial charge in [0.15, 0.2) is 6.67 Å². The molecule has 21 heavy (non-hydrogen) atoms. The first-order chi connectivity index (χ1) is 10.1. The van der Waals surface area contributed by atoms with E-state index in [9.17, 15) is 19.7 Å². The van der Waals surface area contributed by atoms with Gasteiger partial charge in [-0.05, 0) is 6.07 Å². The third-order valence-corrected chi connectivity index (χ3v) is 3.75. The average Bonchev–Trinajstić information content (AvgIpc) is 2.73. The average molecular weight is 292 g/mol. The molecule has 2 aliphatic rings. The fourth-order valence-electron chi connectivity index (χ4n) is 2.58. The maximum absolute atomic E-state index is 12.3. The van der Waals surface area contributed by atoms with E-state index in [1.807, 2.05) is 0 Å². The van der Waals surface area contributed by atoms with Gasteiger partial charge in [-0.2, -0.15) is 0 Å². The predicted molar refractivity (Wildman–Crippen MR) is 70.0 cm³/mol. The van der Waals surface area contributed by atoms with Crippen molar-refractivity contribution in [1.82, 2.24) is 4.90 Å². The number of non-ortho nitro benzene ring substituents is 1. The first kappa shape index (κ1) is 13.7. The molecule has 1 aromatic rings. The zero-order valence-corrected chi connectivity index (χ0v) is 11.2. The second-order valence-electron chi connectivity index (χ2n) is 5.05. The van der Waals surface area contributed by atoms with Crippen molar-refractivity contribution in [2.24, 2.45) is 0 Å². The van der Waals surface area contributed by atoms with Gasteiger partial charge >= 0.3 is 0 Å². The van der Waals surface area contributed by atoms with E-state index in [2.05, 4.69) is 0 Å². The fraction of sp³-hybridized carbons (Fsp3) is 0.385. The number of amides is 2. The van der Waals surface area contributed by atoms with Crippen LogP contribution in [0.4, 0.5) is 5.69 Å². The Hall–Kier alpha value is -2.32. The summed E-state index contributed by atoms with van der Waals surface area (Å²) >= 11 is 0. The molecule has 0 saturated carbocycles. The van der Waals surface area contributed by atoms with Crippen LogP contribution in [0.15, 0.2) is 18.2 Å². The van der Waals surface area contributed by atoms with Crippen LogP contribution >= 0.6 is 0 Å². The van der Waals surface area contributed by atoms with Gasteiger partial charge in [0.2, 0.25) is 0 Å². The lowest BCUT2D eigenvalue weighted by Crippen LogP contribution is -3.15. The molecule has 2 aliphatic heterocycles. The number of hydrogen-bond acceptors (Lipinski definition) is 5. The van der Waals surface area contributed by atoms with Crippen LogP contribution in [-0.4, -0.2) is 54.6 Å². The molecular weight excluding hydrogens is 278 g/mol. The number of fused-ring (bicyclic) bond motifs is 1. The molecule has 1 N–H and O–H groups in total. The van der Waals surface area contributed by atoms with E-state index in [1.165, 1.54) is 18.2 Å². The molecule has 0 bridgehead atoms. The molecule has 0 aromatic heterocycles. The van der Waals surface area contributed by atoms with Crippen LogP contribution in [0.1, 0.15) is 20.7 Å². The zero-order chi connectivity index (χ0) is 15.0. The Morgan fingerprint density at radius 1 is 1.19 bits per heavy atom. The fourth-order valence-corrected chi connectivity index (χ4v) is 2.58. The van der Waals surface area contributed by atoms with E-state index < -0.39 is 10.8 Å². The molecule has 1 saturated heterocycles. The highest BCUT2D eigenvalue weighted by Crippen LogP contribution is 2.25. The van der Waals surface area contributed by atoms with Gasteiger partial charge in [-0.15, -0.1) is 0 Å². The second-order valence-corrected chi connectivity index (χ2v) is 5.05. The number of ether oxygens (including phenoxy) is 1. The van der Waals surface area contributed by atoms with Crippen molar-refractivity contribution in [3.8, 4) is 0 Å². The topological polar surface area (TPSA) is 94.2 Å². The Morgan fingerprint density at radius 2 is 1.86 bits per heavy atom. The van der Waals surface area contributed by atoms with Crippen LogP contribution < -0.4 is 4.90 Å². The van der Waals surface area contributed by atoms with Gasteiger partial charge in [-0.25, -0.2) is 4.90 Å². The standard InChI is InChI=1S/C13H13N3O5/c17-12-10-2-1-9(16(19)20)7-11(10)13(18)15(12)8-14-3-5-21-6-4-14/h1-2,7H,3-6,8H2/p+1. The van der Waals surface area contributed by atoms with Crippen LogP contribution in [0, 0.1) is 10.1 Å². The Bertz CT molecular complexity index is 624. The zero-order valence-electron chi connectivity index (χ0n) is 11.2. The molecule has 0 aliphatic carbocycles. The molecule has 0 radical (unpaired) electrons. The summed E-state index contributed by atoms with van der Waals surface area (Å²) in [6, 6.07) is 3.77. The summed E-state index contributed by atoms with van der Waals surface area (Å²) in [4.78, 5) is 37.0. The smallest absolute Gasteiger partial charge is 0.270 e. The van der Waals surface area contributed by atoms with E-state index in [-0.39, 0.29) is 29.4 Å². The number of nitrogens with one attached hydrogen (secondary N) is 1. The number of carbonyl (C=O) groups excluding carboxylic acids is 2. The number of nitro benzene ring substituents is 1. The summed E-state index contributed by atoms with van der Waals surface area (Å²) in [7, 11) is 0. The van der Waals surface area contributed by atoms with Crippen molar-refractivity contribution in [3.05, 3.63) is 39.4 Å². The molecule has 0 atom stereocenters. The number of morpholine rings is 1. The molecule has 3 rings (SSSR count). The lowest BCUT2D eigenvalue weighted by molar-refractivity contribution is -0.915. The van der Waals surface area contributed by atoms with E-state index >= 15 is 0 Å². The largest absolute Gasteiger partial charge is 0.370 e. The number of rotatable bonds is 3. The van der Waals surface area contributed by atoms with Crippen LogP contribution in [-0.2, 0) is 4.74 Å². The molecular formula is C13H14N3O5+. The lowest BCUT2D eigenvalue weighted by atomic mass is 10.1. The summed E-state index contributed by atoms with van der Waals surface area (Å²) in [6.45, 7) is 2.93. The first-order valence-corrected chi connectivity index (χ1v) is 6.64.